The Hall–Kier alpha value is -3.39. The van der Waals surface area contributed by atoms with Crippen molar-refractivity contribution in [2.24, 2.45) is 0 Å². The zero-order chi connectivity index (χ0) is 24.7. The van der Waals surface area contributed by atoms with Gasteiger partial charge >= 0.3 is 6.09 Å². The SMILES string of the molecule is CCCC(C(=O)Nc1ncc(-c2ccccc2COc2ccccc2)s1)N(C(=O)O)C(C)(C)C. The first-order valence-corrected chi connectivity index (χ1v) is 12.1. The van der Waals surface area contributed by atoms with Gasteiger partial charge in [0.15, 0.2) is 5.13 Å². The number of thiazole rings is 1. The lowest BCUT2D eigenvalue weighted by atomic mass is 10.0. The van der Waals surface area contributed by atoms with Crippen molar-refractivity contribution in [3.05, 3.63) is 66.4 Å². The molecule has 1 atom stereocenters. The van der Waals surface area contributed by atoms with Gasteiger partial charge in [-0.3, -0.25) is 9.69 Å². The Bertz CT molecular complexity index is 1110. The van der Waals surface area contributed by atoms with Crippen molar-refractivity contribution in [3.8, 4) is 16.2 Å². The molecule has 2 aromatic carbocycles. The molecule has 7 nitrogen and oxygen atoms in total. The number of amides is 2. The minimum absolute atomic E-state index is 0.374. The zero-order valence-electron chi connectivity index (χ0n) is 19.9. The molecule has 3 aromatic rings. The van der Waals surface area contributed by atoms with Gasteiger partial charge in [0, 0.05) is 11.7 Å². The van der Waals surface area contributed by atoms with Crippen LogP contribution in [0.2, 0.25) is 0 Å². The van der Waals surface area contributed by atoms with Crippen LogP contribution in [0.1, 0.15) is 46.1 Å². The molecular formula is C26H31N3O4S. The summed E-state index contributed by atoms with van der Waals surface area (Å²) in [7, 11) is 0. The smallest absolute Gasteiger partial charge is 0.408 e. The van der Waals surface area contributed by atoms with Crippen molar-refractivity contribution >= 4 is 28.5 Å². The van der Waals surface area contributed by atoms with E-state index in [0.29, 0.717) is 24.6 Å². The van der Waals surface area contributed by atoms with Gasteiger partial charge in [-0.1, -0.05) is 67.1 Å². The highest BCUT2D eigenvalue weighted by Gasteiger charge is 2.37. The average molecular weight is 482 g/mol. The van der Waals surface area contributed by atoms with Gasteiger partial charge in [-0.05, 0) is 50.5 Å². The van der Waals surface area contributed by atoms with Gasteiger partial charge in [0.1, 0.15) is 18.4 Å². The topological polar surface area (TPSA) is 91.8 Å². The predicted molar refractivity (Wildman–Crippen MR) is 135 cm³/mol. The first-order valence-electron chi connectivity index (χ1n) is 11.3. The number of hydrogen-bond acceptors (Lipinski definition) is 5. The van der Waals surface area contributed by atoms with E-state index in [1.54, 1.807) is 27.0 Å². The van der Waals surface area contributed by atoms with E-state index in [-0.39, 0.29) is 5.91 Å². The summed E-state index contributed by atoms with van der Waals surface area (Å²) in [6.07, 6.45) is 1.70. The van der Waals surface area contributed by atoms with Crippen molar-refractivity contribution in [1.29, 1.82) is 0 Å². The summed E-state index contributed by atoms with van der Waals surface area (Å²) in [5, 5.41) is 13.0. The van der Waals surface area contributed by atoms with Crippen molar-refractivity contribution < 1.29 is 19.4 Å². The van der Waals surface area contributed by atoms with Crippen LogP contribution in [0.25, 0.3) is 10.4 Å². The maximum Gasteiger partial charge on any atom is 0.408 e. The molecule has 34 heavy (non-hydrogen) atoms. The zero-order valence-corrected chi connectivity index (χ0v) is 20.8. The van der Waals surface area contributed by atoms with Crippen LogP contribution in [0.4, 0.5) is 9.93 Å². The second kappa shape index (κ2) is 11.2. The number of nitrogens with zero attached hydrogens (tertiary/aromatic N) is 2. The predicted octanol–water partition coefficient (Wildman–Crippen LogP) is 6.27. The maximum atomic E-state index is 13.1. The molecule has 2 N–H and O–H groups in total. The molecule has 1 unspecified atom stereocenters. The van der Waals surface area contributed by atoms with Crippen LogP contribution in [-0.4, -0.2) is 38.6 Å². The highest BCUT2D eigenvalue weighted by Crippen LogP contribution is 2.32. The standard InChI is InChI=1S/C26H31N3O4S/c1-5-11-21(29(25(31)32)26(2,3)4)23(30)28-24-27-16-22(34-24)20-15-10-9-12-18(20)17-33-19-13-7-6-8-14-19/h6-10,12-16,21H,5,11,17H2,1-4H3,(H,31,32)(H,27,28,30). The van der Waals surface area contributed by atoms with Crippen LogP contribution >= 0.6 is 11.3 Å². The lowest BCUT2D eigenvalue weighted by Crippen LogP contribution is -2.55. The number of ether oxygens (including phenoxy) is 1. The van der Waals surface area contributed by atoms with Gasteiger partial charge in [-0.2, -0.15) is 0 Å². The molecule has 0 radical (unpaired) electrons. The van der Waals surface area contributed by atoms with Crippen LogP contribution < -0.4 is 10.1 Å². The van der Waals surface area contributed by atoms with Crippen LogP contribution in [0.15, 0.2) is 60.8 Å². The van der Waals surface area contributed by atoms with Gasteiger partial charge in [-0.25, -0.2) is 9.78 Å². The number of carbonyl (C=O) groups is 2. The van der Waals surface area contributed by atoms with E-state index in [0.717, 1.165) is 21.8 Å². The second-order valence-electron chi connectivity index (χ2n) is 8.91. The Morgan fingerprint density at radius 2 is 1.79 bits per heavy atom. The molecule has 0 spiro atoms. The Morgan fingerprint density at radius 1 is 1.12 bits per heavy atom. The molecule has 0 aliphatic rings. The number of carboxylic acid groups (broad SMARTS) is 1. The number of benzene rings is 2. The van der Waals surface area contributed by atoms with E-state index in [1.165, 1.54) is 16.2 Å². The average Bonchev–Trinajstić information content (AvgIpc) is 3.25. The first kappa shape index (κ1) is 25.2. The fraction of sp³-hybridized carbons (Fsp3) is 0.346. The van der Waals surface area contributed by atoms with Crippen LogP contribution in [0.3, 0.4) is 0 Å². The number of hydrogen-bond donors (Lipinski definition) is 2. The molecule has 0 aliphatic carbocycles. The number of para-hydroxylation sites is 1. The highest BCUT2D eigenvalue weighted by molar-refractivity contribution is 7.19. The molecule has 0 saturated heterocycles. The molecule has 2 amide bonds. The molecule has 1 aromatic heterocycles. The lowest BCUT2D eigenvalue weighted by molar-refractivity contribution is -0.122. The van der Waals surface area contributed by atoms with Crippen molar-refractivity contribution in [2.75, 3.05) is 5.32 Å². The van der Waals surface area contributed by atoms with E-state index in [1.807, 2.05) is 61.5 Å². The third-order valence-electron chi connectivity index (χ3n) is 5.26. The van der Waals surface area contributed by atoms with Crippen molar-refractivity contribution in [3.63, 3.8) is 0 Å². The summed E-state index contributed by atoms with van der Waals surface area (Å²) in [6, 6.07) is 16.7. The molecule has 0 bridgehead atoms. The molecule has 0 fully saturated rings. The minimum Gasteiger partial charge on any atom is -0.489 e. The highest BCUT2D eigenvalue weighted by atomic mass is 32.1. The number of aromatic nitrogens is 1. The Kier molecular flexibility index (Phi) is 8.28. The van der Waals surface area contributed by atoms with Crippen LogP contribution in [0.5, 0.6) is 5.75 Å². The molecule has 0 saturated carbocycles. The van der Waals surface area contributed by atoms with Gasteiger partial charge in [0.25, 0.3) is 0 Å². The Balaban J connectivity index is 1.77. The molecule has 8 heteroatoms. The third kappa shape index (κ3) is 6.35. The fourth-order valence-corrected chi connectivity index (χ4v) is 4.63. The van der Waals surface area contributed by atoms with Gasteiger partial charge < -0.3 is 15.2 Å². The van der Waals surface area contributed by atoms with Gasteiger partial charge in [-0.15, -0.1) is 0 Å². The number of nitrogens with one attached hydrogen (secondary N) is 1. The van der Waals surface area contributed by atoms with Crippen LogP contribution in [0, 0.1) is 0 Å². The molecule has 3 rings (SSSR count). The number of carbonyl (C=O) groups excluding carboxylic acids is 1. The summed E-state index contributed by atoms with van der Waals surface area (Å²) in [5.74, 6) is 0.416. The third-order valence-corrected chi connectivity index (χ3v) is 6.21. The van der Waals surface area contributed by atoms with Crippen molar-refractivity contribution in [2.45, 2.75) is 58.7 Å². The normalized spacial score (nSPS) is 12.1. The van der Waals surface area contributed by atoms with Gasteiger partial charge in [0.05, 0.1) is 4.88 Å². The number of rotatable bonds is 9. The van der Waals surface area contributed by atoms with E-state index in [2.05, 4.69) is 10.3 Å². The van der Waals surface area contributed by atoms with E-state index >= 15 is 0 Å². The van der Waals surface area contributed by atoms with E-state index in [4.69, 9.17) is 4.74 Å². The number of anilines is 1. The fourth-order valence-electron chi connectivity index (χ4n) is 3.75. The summed E-state index contributed by atoms with van der Waals surface area (Å²) < 4.78 is 5.92. The lowest BCUT2D eigenvalue weighted by Gasteiger charge is -2.38. The summed E-state index contributed by atoms with van der Waals surface area (Å²) in [5.41, 5.74) is 1.26. The maximum absolute atomic E-state index is 13.1. The molecule has 1 heterocycles. The van der Waals surface area contributed by atoms with E-state index < -0.39 is 17.7 Å². The first-order chi connectivity index (χ1) is 16.2. The van der Waals surface area contributed by atoms with Crippen molar-refractivity contribution in [1.82, 2.24) is 9.88 Å². The Labute approximate surface area is 204 Å². The quantitative estimate of drug-likeness (QED) is 0.375. The summed E-state index contributed by atoms with van der Waals surface area (Å²) in [4.78, 5) is 31.5. The monoisotopic (exact) mass is 481 g/mol. The molecule has 0 aliphatic heterocycles. The summed E-state index contributed by atoms with van der Waals surface area (Å²) in [6.45, 7) is 7.68. The minimum atomic E-state index is -1.12. The van der Waals surface area contributed by atoms with E-state index in [9.17, 15) is 14.7 Å². The van der Waals surface area contributed by atoms with Crippen LogP contribution in [-0.2, 0) is 11.4 Å². The Morgan fingerprint density at radius 3 is 2.44 bits per heavy atom. The molecule has 180 valence electrons. The molecular weight excluding hydrogens is 450 g/mol. The van der Waals surface area contributed by atoms with Gasteiger partial charge in [0.2, 0.25) is 5.91 Å². The largest absolute Gasteiger partial charge is 0.489 e. The summed E-state index contributed by atoms with van der Waals surface area (Å²) >= 11 is 1.35. The second-order valence-corrected chi connectivity index (χ2v) is 9.94.